The molecule has 0 fully saturated rings. The zero-order chi connectivity index (χ0) is 11.0. The zero-order valence-electron chi connectivity index (χ0n) is 8.58. The molecule has 0 saturated heterocycles. The van der Waals surface area contributed by atoms with Crippen molar-refractivity contribution in [3.63, 3.8) is 0 Å². The summed E-state index contributed by atoms with van der Waals surface area (Å²) in [4.78, 5) is 21.9. The monoisotopic (exact) mass is 195 g/mol. The minimum atomic E-state index is -0.192. The van der Waals surface area contributed by atoms with E-state index in [0.29, 0.717) is 12.8 Å². The van der Waals surface area contributed by atoms with Gasteiger partial charge in [0.2, 0.25) is 5.91 Å². The lowest BCUT2D eigenvalue weighted by molar-refractivity contribution is -0.118. The van der Waals surface area contributed by atoms with Gasteiger partial charge in [-0.05, 0) is 25.0 Å². The molecule has 78 valence electrons. The van der Waals surface area contributed by atoms with Crippen LogP contribution in [-0.2, 0) is 9.59 Å². The molecule has 0 aromatic carbocycles. The van der Waals surface area contributed by atoms with Gasteiger partial charge in [-0.1, -0.05) is 20.1 Å². The van der Waals surface area contributed by atoms with Crippen LogP contribution in [0.5, 0.6) is 0 Å². The van der Waals surface area contributed by atoms with Gasteiger partial charge >= 0.3 is 0 Å². The molecular formula is C11H17NO2. The number of ketones is 1. The molecule has 1 N–H and O–H groups in total. The van der Waals surface area contributed by atoms with E-state index in [-0.39, 0.29) is 17.7 Å². The smallest absolute Gasteiger partial charge is 0.243 e. The Morgan fingerprint density at radius 2 is 2.00 bits per heavy atom. The average molecular weight is 195 g/mol. The van der Waals surface area contributed by atoms with Gasteiger partial charge < -0.3 is 5.32 Å². The van der Waals surface area contributed by atoms with Gasteiger partial charge in [-0.2, -0.15) is 0 Å². The Morgan fingerprint density at radius 3 is 2.43 bits per heavy atom. The number of nitrogens with one attached hydrogen (secondary N) is 1. The molecule has 0 aliphatic rings. The number of carbonyl (C=O) groups is 2. The fraction of sp³-hybridized carbons (Fsp3) is 0.455. The molecule has 1 atom stereocenters. The average Bonchev–Trinajstić information content (AvgIpc) is 2.22. The Hall–Kier alpha value is -1.38. The maximum Gasteiger partial charge on any atom is 0.243 e. The van der Waals surface area contributed by atoms with E-state index in [0.717, 1.165) is 6.42 Å². The van der Waals surface area contributed by atoms with E-state index < -0.39 is 0 Å². The molecule has 0 aromatic heterocycles. The van der Waals surface area contributed by atoms with Crippen LogP contribution in [-0.4, -0.2) is 17.7 Å². The largest absolute Gasteiger partial charge is 0.350 e. The van der Waals surface area contributed by atoms with Gasteiger partial charge in [0, 0.05) is 12.5 Å². The first kappa shape index (κ1) is 12.6. The lowest BCUT2D eigenvalue weighted by Crippen LogP contribution is -2.33. The van der Waals surface area contributed by atoms with Crippen LogP contribution in [0.2, 0.25) is 0 Å². The first-order valence-electron chi connectivity index (χ1n) is 4.72. The Balaban J connectivity index is 3.90. The van der Waals surface area contributed by atoms with Crippen LogP contribution < -0.4 is 5.32 Å². The van der Waals surface area contributed by atoms with E-state index in [1.165, 1.54) is 12.2 Å². The highest BCUT2D eigenvalue weighted by atomic mass is 16.1. The predicted octanol–water partition coefficient (Wildman–Crippen LogP) is 1.60. The summed E-state index contributed by atoms with van der Waals surface area (Å²) in [5, 5.41) is 2.75. The van der Waals surface area contributed by atoms with Crippen molar-refractivity contribution in [1.29, 1.82) is 0 Å². The van der Waals surface area contributed by atoms with Gasteiger partial charge in [-0.15, -0.1) is 0 Å². The highest BCUT2D eigenvalue weighted by Crippen LogP contribution is 2.02. The molecule has 1 unspecified atom stereocenters. The second-order valence-electron chi connectivity index (χ2n) is 3.03. The van der Waals surface area contributed by atoms with Crippen molar-refractivity contribution in [2.24, 2.45) is 0 Å². The molecule has 0 rings (SSSR count). The first-order chi connectivity index (χ1) is 6.63. The molecule has 0 aliphatic heterocycles. The third-order valence-corrected chi connectivity index (χ3v) is 1.99. The molecular weight excluding hydrogens is 178 g/mol. The van der Waals surface area contributed by atoms with Crippen molar-refractivity contribution < 1.29 is 9.59 Å². The molecule has 0 spiro atoms. The quantitative estimate of drug-likeness (QED) is 0.627. The summed E-state index contributed by atoms with van der Waals surface area (Å²) >= 11 is 0. The summed E-state index contributed by atoms with van der Waals surface area (Å²) in [6, 6.07) is 0.0457. The fourth-order valence-corrected chi connectivity index (χ4v) is 1.06. The molecule has 0 aromatic rings. The van der Waals surface area contributed by atoms with Crippen molar-refractivity contribution in [1.82, 2.24) is 5.32 Å². The number of amides is 1. The Bertz CT molecular complexity index is 233. The molecule has 0 saturated carbocycles. The van der Waals surface area contributed by atoms with Crippen molar-refractivity contribution in [2.45, 2.75) is 32.2 Å². The second-order valence-corrected chi connectivity index (χ2v) is 3.03. The topological polar surface area (TPSA) is 46.2 Å². The summed E-state index contributed by atoms with van der Waals surface area (Å²) in [5.41, 5.74) is 0. The van der Waals surface area contributed by atoms with Crippen molar-refractivity contribution in [3.05, 3.63) is 25.3 Å². The van der Waals surface area contributed by atoms with E-state index in [2.05, 4.69) is 18.5 Å². The Kier molecular flexibility index (Phi) is 6.37. The van der Waals surface area contributed by atoms with Crippen LogP contribution in [0.4, 0.5) is 0 Å². The SMILES string of the molecule is C=CC(=O)CCC(CC)NC(=O)C=C. The van der Waals surface area contributed by atoms with Crippen molar-refractivity contribution >= 4 is 11.7 Å². The lowest BCUT2D eigenvalue weighted by Gasteiger charge is -2.14. The predicted molar refractivity (Wildman–Crippen MR) is 56.9 cm³/mol. The molecule has 0 heterocycles. The molecule has 14 heavy (non-hydrogen) atoms. The number of rotatable bonds is 7. The molecule has 0 bridgehead atoms. The van der Waals surface area contributed by atoms with Gasteiger partial charge in [0.1, 0.15) is 0 Å². The Labute approximate surface area is 84.9 Å². The van der Waals surface area contributed by atoms with E-state index in [9.17, 15) is 9.59 Å². The summed E-state index contributed by atoms with van der Waals surface area (Å²) in [6.45, 7) is 8.72. The van der Waals surface area contributed by atoms with Crippen LogP contribution in [0.3, 0.4) is 0 Å². The van der Waals surface area contributed by atoms with E-state index >= 15 is 0 Å². The van der Waals surface area contributed by atoms with Crippen molar-refractivity contribution in [2.75, 3.05) is 0 Å². The van der Waals surface area contributed by atoms with Crippen molar-refractivity contribution in [3.8, 4) is 0 Å². The fourth-order valence-electron chi connectivity index (χ4n) is 1.06. The maximum absolute atomic E-state index is 11.0. The van der Waals surface area contributed by atoms with Crippen LogP contribution in [0, 0.1) is 0 Å². The van der Waals surface area contributed by atoms with Gasteiger partial charge in [0.15, 0.2) is 5.78 Å². The third kappa shape index (κ3) is 5.30. The molecule has 0 aliphatic carbocycles. The van der Waals surface area contributed by atoms with Crippen LogP contribution in [0.1, 0.15) is 26.2 Å². The lowest BCUT2D eigenvalue weighted by atomic mass is 10.1. The summed E-state index contributed by atoms with van der Waals surface area (Å²) < 4.78 is 0. The highest BCUT2D eigenvalue weighted by molar-refractivity contribution is 5.89. The van der Waals surface area contributed by atoms with Gasteiger partial charge in [0.05, 0.1) is 0 Å². The summed E-state index contributed by atoms with van der Waals surface area (Å²) in [6.07, 6.45) is 4.43. The molecule has 3 nitrogen and oxygen atoms in total. The van der Waals surface area contributed by atoms with Gasteiger partial charge in [0.25, 0.3) is 0 Å². The number of hydrogen-bond acceptors (Lipinski definition) is 2. The van der Waals surface area contributed by atoms with E-state index in [1.807, 2.05) is 6.92 Å². The maximum atomic E-state index is 11.0. The number of hydrogen-bond donors (Lipinski definition) is 1. The normalized spacial score (nSPS) is 11.5. The molecule has 3 heteroatoms. The van der Waals surface area contributed by atoms with Gasteiger partial charge in [-0.3, -0.25) is 9.59 Å². The van der Waals surface area contributed by atoms with E-state index in [1.54, 1.807) is 0 Å². The summed E-state index contributed by atoms with van der Waals surface area (Å²) in [7, 11) is 0. The molecule has 1 amide bonds. The minimum Gasteiger partial charge on any atom is -0.350 e. The van der Waals surface area contributed by atoms with Crippen LogP contribution >= 0.6 is 0 Å². The van der Waals surface area contributed by atoms with E-state index in [4.69, 9.17) is 0 Å². The van der Waals surface area contributed by atoms with Crippen LogP contribution in [0.15, 0.2) is 25.3 Å². The second kappa shape index (κ2) is 7.06. The number of carbonyl (C=O) groups excluding carboxylic acids is 2. The summed E-state index contributed by atoms with van der Waals surface area (Å²) in [5.74, 6) is -0.181. The zero-order valence-corrected chi connectivity index (χ0v) is 8.58. The van der Waals surface area contributed by atoms with Gasteiger partial charge in [-0.25, -0.2) is 0 Å². The molecule has 0 radical (unpaired) electrons. The standard InChI is InChI=1S/C11H17NO2/c1-4-9(12-11(14)6-3)7-8-10(13)5-2/h5-6,9H,2-4,7-8H2,1H3,(H,12,14). The van der Waals surface area contributed by atoms with Crippen LogP contribution in [0.25, 0.3) is 0 Å². The first-order valence-corrected chi connectivity index (χ1v) is 4.72. The Morgan fingerprint density at radius 1 is 1.36 bits per heavy atom. The third-order valence-electron chi connectivity index (χ3n) is 1.99. The minimum absolute atomic E-state index is 0.0105. The highest BCUT2D eigenvalue weighted by Gasteiger charge is 2.09. The number of allylic oxidation sites excluding steroid dienone is 1.